The second-order valence-corrected chi connectivity index (χ2v) is 3.60. The molecule has 1 amide bonds. The number of nitriles is 1. The van der Waals surface area contributed by atoms with E-state index in [1.807, 2.05) is 6.07 Å². The molecule has 1 aromatic carbocycles. The number of hydrogen-bond donors (Lipinski definition) is 1. The molecule has 1 saturated heterocycles. The molecule has 1 unspecified atom stereocenters. The minimum atomic E-state index is -0.121. The van der Waals surface area contributed by atoms with Crippen LogP contribution < -0.4 is 10.6 Å². The van der Waals surface area contributed by atoms with Crippen molar-refractivity contribution < 1.29 is 4.79 Å². The number of anilines is 1. The molecule has 0 radical (unpaired) electrons. The van der Waals surface area contributed by atoms with E-state index in [0.717, 1.165) is 0 Å². The van der Waals surface area contributed by atoms with Crippen molar-refractivity contribution in [3.63, 3.8) is 0 Å². The highest BCUT2D eigenvalue weighted by atomic mass is 16.2. The molecule has 1 aliphatic heterocycles. The van der Waals surface area contributed by atoms with Crippen molar-refractivity contribution in [1.29, 1.82) is 5.26 Å². The van der Waals surface area contributed by atoms with Gasteiger partial charge in [0.1, 0.15) is 6.07 Å². The molecule has 0 spiro atoms. The van der Waals surface area contributed by atoms with Gasteiger partial charge in [-0.25, -0.2) is 0 Å². The van der Waals surface area contributed by atoms with Crippen LogP contribution in [0.1, 0.15) is 12.0 Å². The summed E-state index contributed by atoms with van der Waals surface area (Å²) >= 11 is 0. The lowest BCUT2D eigenvalue weighted by atomic mass is 10.2. The topological polar surface area (TPSA) is 70.1 Å². The molecule has 0 bridgehead atoms. The molecule has 1 aromatic rings. The fourth-order valence-electron chi connectivity index (χ4n) is 1.77. The number of nitrogens with two attached hydrogens (primary N) is 1. The average molecular weight is 201 g/mol. The van der Waals surface area contributed by atoms with Crippen LogP contribution in [0.15, 0.2) is 24.3 Å². The smallest absolute Gasteiger partial charge is 0.228 e. The number of para-hydroxylation sites is 1. The molecular weight excluding hydrogens is 190 g/mol. The summed E-state index contributed by atoms with van der Waals surface area (Å²) in [5.74, 6) is -0.00907. The first-order valence-electron chi connectivity index (χ1n) is 4.77. The highest BCUT2D eigenvalue weighted by Crippen LogP contribution is 2.24. The summed E-state index contributed by atoms with van der Waals surface area (Å²) in [4.78, 5) is 13.2. The molecule has 76 valence electrons. The minimum absolute atomic E-state index is 0.00907. The second-order valence-electron chi connectivity index (χ2n) is 3.60. The standard InChI is InChI=1S/C11H11N3O/c12-6-8-3-1-2-4-10(8)14-7-9(13)5-11(14)15/h1-4,9H,5,7,13H2. The number of nitrogens with zero attached hydrogens (tertiary/aromatic N) is 2. The average Bonchev–Trinajstić information content (AvgIpc) is 2.57. The first-order chi connectivity index (χ1) is 7.22. The van der Waals surface area contributed by atoms with Gasteiger partial charge in [-0.05, 0) is 12.1 Å². The van der Waals surface area contributed by atoms with E-state index in [1.54, 1.807) is 23.1 Å². The van der Waals surface area contributed by atoms with Crippen molar-refractivity contribution in [2.24, 2.45) is 5.73 Å². The Hall–Kier alpha value is -1.86. The van der Waals surface area contributed by atoms with Crippen molar-refractivity contribution in [1.82, 2.24) is 0 Å². The van der Waals surface area contributed by atoms with Gasteiger partial charge in [-0.15, -0.1) is 0 Å². The van der Waals surface area contributed by atoms with E-state index < -0.39 is 0 Å². The van der Waals surface area contributed by atoms with Gasteiger partial charge in [0.25, 0.3) is 0 Å². The highest BCUT2D eigenvalue weighted by molar-refractivity contribution is 5.97. The predicted octanol–water partition coefficient (Wildman–Crippen LogP) is 0.622. The van der Waals surface area contributed by atoms with E-state index in [0.29, 0.717) is 24.2 Å². The molecule has 4 heteroatoms. The SMILES string of the molecule is N#Cc1ccccc1N1CC(N)CC1=O. The van der Waals surface area contributed by atoms with E-state index in [2.05, 4.69) is 6.07 Å². The molecular formula is C11H11N3O. The van der Waals surface area contributed by atoms with Gasteiger partial charge < -0.3 is 10.6 Å². The zero-order chi connectivity index (χ0) is 10.8. The first kappa shape index (κ1) is 9.69. The highest BCUT2D eigenvalue weighted by Gasteiger charge is 2.29. The summed E-state index contributed by atoms with van der Waals surface area (Å²) in [7, 11) is 0. The van der Waals surface area contributed by atoms with E-state index in [9.17, 15) is 4.79 Å². The van der Waals surface area contributed by atoms with Crippen molar-refractivity contribution in [3.8, 4) is 6.07 Å². The third-order valence-electron chi connectivity index (χ3n) is 2.47. The van der Waals surface area contributed by atoms with Crippen LogP contribution in [-0.2, 0) is 4.79 Å². The van der Waals surface area contributed by atoms with Crippen molar-refractivity contribution >= 4 is 11.6 Å². The van der Waals surface area contributed by atoms with Crippen LogP contribution in [0.25, 0.3) is 0 Å². The molecule has 1 atom stereocenters. The lowest BCUT2D eigenvalue weighted by Crippen LogP contribution is -2.28. The molecule has 15 heavy (non-hydrogen) atoms. The van der Waals surface area contributed by atoms with Crippen LogP contribution in [0.4, 0.5) is 5.69 Å². The Labute approximate surface area is 87.9 Å². The predicted molar refractivity (Wildman–Crippen MR) is 56.1 cm³/mol. The van der Waals surface area contributed by atoms with Gasteiger partial charge in [0.2, 0.25) is 5.91 Å². The van der Waals surface area contributed by atoms with Crippen LogP contribution in [0.2, 0.25) is 0 Å². The van der Waals surface area contributed by atoms with Gasteiger partial charge >= 0.3 is 0 Å². The monoisotopic (exact) mass is 201 g/mol. The Bertz CT molecular complexity index is 436. The normalized spacial score (nSPS) is 20.4. The fraction of sp³-hybridized carbons (Fsp3) is 0.273. The molecule has 0 saturated carbocycles. The van der Waals surface area contributed by atoms with Gasteiger partial charge in [-0.2, -0.15) is 5.26 Å². The van der Waals surface area contributed by atoms with Crippen molar-refractivity contribution in [2.75, 3.05) is 11.4 Å². The van der Waals surface area contributed by atoms with E-state index in [4.69, 9.17) is 11.0 Å². The van der Waals surface area contributed by atoms with Gasteiger partial charge in [-0.1, -0.05) is 12.1 Å². The zero-order valence-corrected chi connectivity index (χ0v) is 8.18. The zero-order valence-electron chi connectivity index (χ0n) is 8.18. The number of hydrogen-bond acceptors (Lipinski definition) is 3. The molecule has 4 nitrogen and oxygen atoms in total. The molecule has 2 rings (SSSR count). The molecule has 2 N–H and O–H groups in total. The Morgan fingerprint density at radius 3 is 2.80 bits per heavy atom. The van der Waals surface area contributed by atoms with Crippen molar-refractivity contribution in [2.45, 2.75) is 12.5 Å². The summed E-state index contributed by atoms with van der Waals surface area (Å²) in [5.41, 5.74) is 6.88. The van der Waals surface area contributed by atoms with Gasteiger partial charge in [0.05, 0.1) is 11.3 Å². The third-order valence-corrected chi connectivity index (χ3v) is 2.47. The summed E-state index contributed by atoms with van der Waals surface area (Å²) in [6, 6.07) is 9.02. The van der Waals surface area contributed by atoms with E-state index >= 15 is 0 Å². The van der Waals surface area contributed by atoms with E-state index in [-0.39, 0.29) is 11.9 Å². The Morgan fingerprint density at radius 2 is 2.20 bits per heavy atom. The molecule has 1 heterocycles. The first-order valence-corrected chi connectivity index (χ1v) is 4.77. The van der Waals surface area contributed by atoms with Crippen LogP contribution in [0.5, 0.6) is 0 Å². The summed E-state index contributed by atoms with van der Waals surface area (Å²) < 4.78 is 0. The summed E-state index contributed by atoms with van der Waals surface area (Å²) in [5, 5.41) is 8.91. The number of carbonyl (C=O) groups excluding carboxylic acids is 1. The minimum Gasteiger partial charge on any atom is -0.326 e. The molecule has 0 aromatic heterocycles. The lowest BCUT2D eigenvalue weighted by molar-refractivity contribution is -0.117. The second kappa shape index (κ2) is 3.71. The van der Waals surface area contributed by atoms with Gasteiger partial charge in [0.15, 0.2) is 0 Å². The van der Waals surface area contributed by atoms with Crippen LogP contribution in [0.3, 0.4) is 0 Å². The summed E-state index contributed by atoms with van der Waals surface area (Å²) in [6.45, 7) is 0.498. The molecule has 1 fully saturated rings. The quantitative estimate of drug-likeness (QED) is 0.724. The van der Waals surface area contributed by atoms with Crippen molar-refractivity contribution in [3.05, 3.63) is 29.8 Å². The number of amides is 1. The largest absolute Gasteiger partial charge is 0.326 e. The Kier molecular flexibility index (Phi) is 2.40. The van der Waals surface area contributed by atoms with Gasteiger partial charge in [-0.3, -0.25) is 4.79 Å². The lowest BCUT2D eigenvalue weighted by Gasteiger charge is -2.17. The maximum Gasteiger partial charge on any atom is 0.228 e. The Balaban J connectivity index is 2.38. The van der Waals surface area contributed by atoms with Crippen LogP contribution >= 0.6 is 0 Å². The number of benzene rings is 1. The van der Waals surface area contributed by atoms with Crippen LogP contribution in [-0.4, -0.2) is 18.5 Å². The summed E-state index contributed by atoms with van der Waals surface area (Å²) in [6.07, 6.45) is 0.361. The maximum absolute atomic E-state index is 11.6. The number of carbonyl (C=O) groups is 1. The fourth-order valence-corrected chi connectivity index (χ4v) is 1.77. The molecule has 0 aliphatic carbocycles. The molecule has 1 aliphatic rings. The van der Waals surface area contributed by atoms with Gasteiger partial charge in [0, 0.05) is 19.0 Å². The third kappa shape index (κ3) is 1.69. The van der Waals surface area contributed by atoms with Crippen LogP contribution in [0, 0.1) is 11.3 Å². The Morgan fingerprint density at radius 1 is 1.47 bits per heavy atom. The van der Waals surface area contributed by atoms with E-state index in [1.165, 1.54) is 0 Å². The maximum atomic E-state index is 11.6. The number of rotatable bonds is 1.